The number of aryl methyl sites for hydroxylation is 1. The number of nitrogens with zero attached hydrogens (tertiary/aromatic N) is 5. The van der Waals surface area contributed by atoms with Gasteiger partial charge in [0.1, 0.15) is 17.8 Å². The molecular weight excluding hydrogens is 378 g/mol. The fraction of sp³-hybridized carbons (Fsp3) is 0.391. The van der Waals surface area contributed by atoms with Crippen molar-refractivity contribution in [2.75, 3.05) is 20.2 Å². The molecule has 7 heteroatoms. The van der Waals surface area contributed by atoms with Gasteiger partial charge in [-0.25, -0.2) is 0 Å². The molecule has 0 aliphatic carbocycles. The van der Waals surface area contributed by atoms with E-state index >= 15 is 0 Å². The number of rotatable bonds is 4. The number of pyridine rings is 1. The van der Waals surface area contributed by atoms with Crippen molar-refractivity contribution < 1.29 is 9.84 Å². The SMILES string of the molecule is COc1ccc2c(c1)c(C(O)N1CCCC(c3nnc4ccccn34)C1)c(C)n2C. The quantitative estimate of drug-likeness (QED) is 0.564. The van der Waals surface area contributed by atoms with Crippen molar-refractivity contribution in [1.29, 1.82) is 0 Å². The summed E-state index contributed by atoms with van der Waals surface area (Å²) in [6.07, 6.45) is 3.39. The van der Waals surface area contributed by atoms with Crippen LogP contribution in [0.3, 0.4) is 0 Å². The van der Waals surface area contributed by atoms with Crippen LogP contribution >= 0.6 is 0 Å². The van der Waals surface area contributed by atoms with E-state index in [1.54, 1.807) is 7.11 Å². The average Bonchev–Trinajstić information content (AvgIpc) is 3.32. The molecule has 1 fully saturated rings. The highest BCUT2D eigenvalue weighted by Crippen LogP contribution is 2.37. The number of fused-ring (bicyclic) bond motifs is 2. The summed E-state index contributed by atoms with van der Waals surface area (Å²) in [6, 6.07) is 12.0. The highest BCUT2D eigenvalue weighted by Gasteiger charge is 2.31. The molecule has 0 saturated carbocycles. The maximum absolute atomic E-state index is 11.5. The lowest BCUT2D eigenvalue weighted by atomic mass is 9.96. The van der Waals surface area contributed by atoms with Crippen LogP contribution in [0.15, 0.2) is 42.6 Å². The Kier molecular flexibility index (Phi) is 4.72. The van der Waals surface area contributed by atoms with E-state index in [0.29, 0.717) is 0 Å². The minimum absolute atomic E-state index is 0.232. The molecular formula is C23H27N5O2. The minimum Gasteiger partial charge on any atom is -0.497 e. The Balaban J connectivity index is 1.49. The summed E-state index contributed by atoms with van der Waals surface area (Å²) in [6.45, 7) is 3.67. The van der Waals surface area contributed by atoms with Gasteiger partial charge in [0.15, 0.2) is 5.65 Å². The van der Waals surface area contributed by atoms with Crippen LogP contribution in [0.25, 0.3) is 16.6 Å². The van der Waals surface area contributed by atoms with E-state index in [-0.39, 0.29) is 5.92 Å². The van der Waals surface area contributed by atoms with E-state index in [0.717, 1.165) is 65.3 Å². The average molecular weight is 406 g/mol. The molecule has 1 aromatic carbocycles. The number of hydrogen-bond acceptors (Lipinski definition) is 5. The fourth-order valence-electron chi connectivity index (χ4n) is 4.79. The van der Waals surface area contributed by atoms with Gasteiger partial charge in [-0.2, -0.15) is 0 Å². The largest absolute Gasteiger partial charge is 0.497 e. The van der Waals surface area contributed by atoms with E-state index in [1.165, 1.54) is 0 Å². The number of methoxy groups -OCH3 is 1. The zero-order valence-electron chi connectivity index (χ0n) is 17.6. The topological polar surface area (TPSA) is 67.8 Å². The van der Waals surface area contributed by atoms with Crippen LogP contribution in [0.2, 0.25) is 0 Å². The van der Waals surface area contributed by atoms with Crippen LogP contribution in [0.5, 0.6) is 5.75 Å². The van der Waals surface area contributed by atoms with Crippen LogP contribution < -0.4 is 4.74 Å². The molecule has 5 rings (SSSR count). The van der Waals surface area contributed by atoms with Crippen molar-refractivity contribution in [3.63, 3.8) is 0 Å². The van der Waals surface area contributed by atoms with Gasteiger partial charge in [-0.1, -0.05) is 6.07 Å². The zero-order chi connectivity index (χ0) is 20.8. The molecule has 7 nitrogen and oxygen atoms in total. The Labute approximate surface area is 175 Å². The van der Waals surface area contributed by atoms with Crippen LogP contribution in [0, 0.1) is 6.92 Å². The zero-order valence-corrected chi connectivity index (χ0v) is 17.6. The lowest BCUT2D eigenvalue weighted by Gasteiger charge is -2.35. The predicted octanol–water partition coefficient (Wildman–Crippen LogP) is 3.41. The first kappa shape index (κ1) is 19.1. The molecule has 156 valence electrons. The minimum atomic E-state index is -0.678. The maximum atomic E-state index is 11.5. The molecule has 30 heavy (non-hydrogen) atoms. The Morgan fingerprint density at radius 2 is 2.07 bits per heavy atom. The maximum Gasteiger partial charge on any atom is 0.160 e. The molecule has 1 N–H and O–H groups in total. The molecule has 0 amide bonds. The molecule has 2 unspecified atom stereocenters. The third-order valence-electron chi connectivity index (χ3n) is 6.51. The Hall–Kier alpha value is -2.90. The molecule has 3 aromatic heterocycles. The number of ether oxygens (including phenoxy) is 1. The van der Waals surface area contributed by atoms with Crippen molar-refractivity contribution >= 4 is 16.6 Å². The van der Waals surface area contributed by atoms with E-state index in [2.05, 4.69) is 37.1 Å². The summed E-state index contributed by atoms with van der Waals surface area (Å²) >= 11 is 0. The summed E-state index contributed by atoms with van der Waals surface area (Å²) in [5, 5.41) is 21.3. The second-order valence-electron chi connectivity index (χ2n) is 8.14. The van der Waals surface area contributed by atoms with Crippen LogP contribution in [0.4, 0.5) is 0 Å². The third-order valence-corrected chi connectivity index (χ3v) is 6.51. The number of aliphatic hydroxyl groups is 1. The molecule has 2 atom stereocenters. The van der Waals surface area contributed by atoms with Crippen molar-refractivity contribution in [3.05, 3.63) is 59.7 Å². The Morgan fingerprint density at radius 1 is 1.20 bits per heavy atom. The number of piperidine rings is 1. The van der Waals surface area contributed by atoms with Gasteiger partial charge in [-0.3, -0.25) is 9.30 Å². The molecule has 0 bridgehead atoms. The molecule has 1 aliphatic heterocycles. The monoisotopic (exact) mass is 405 g/mol. The molecule has 1 saturated heterocycles. The van der Waals surface area contributed by atoms with E-state index in [1.807, 2.05) is 43.6 Å². The van der Waals surface area contributed by atoms with Gasteiger partial charge < -0.3 is 14.4 Å². The lowest BCUT2D eigenvalue weighted by molar-refractivity contribution is -0.0154. The highest BCUT2D eigenvalue weighted by atomic mass is 16.5. The number of hydrogen-bond donors (Lipinski definition) is 1. The Bertz CT molecular complexity index is 1210. The van der Waals surface area contributed by atoms with Crippen molar-refractivity contribution in [2.24, 2.45) is 7.05 Å². The Morgan fingerprint density at radius 3 is 2.90 bits per heavy atom. The second-order valence-corrected chi connectivity index (χ2v) is 8.14. The molecule has 0 spiro atoms. The first-order valence-electron chi connectivity index (χ1n) is 10.4. The van der Waals surface area contributed by atoms with Gasteiger partial charge in [-0.15, -0.1) is 10.2 Å². The van der Waals surface area contributed by atoms with E-state index < -0.39 is 6.23 Å². The van der Waals surface area contributed by atoms with E-state index in [4.69, 9.17) is 4.74 Å². The van der Waals surface area contributed by atoms with Crippen molar-refractivity contribution in [1.82, 2.24) is 24.1 Å². The number of benzene rings is 1. The smallest absolute Gasteiger partial charge is 0.160 e. The predicted molar refractivity (Wildman–Crippen MR) is 116 cm³/mol. The van der Waals surface area contributed by atoms with Gasteiger partial charge in [0.25, 0.3) is 0 Å². The van der Waals surface area contributed by atoms with E-state index in [9.17, 15) is 5.11 Å². The summed E-state index contributed by atoms with van der Waals surface area (Å²) in [5.41, 5.74) is 3.99. The van der Waals surface area contributed by atoms with Gasteiger partial charge in [0, 0.05) is 54.4 Å². The fourth-order valence-corrected chi connectivity index (χ4v) is 4.79. The van der Waals surface area contributed by atoms with Crippen LogP contribution in [0.1, 0.15) is 42.1 Å². The van der Waals surface area contributed by atoms with Gasteiger partial charge in [-0.05, 0) is 50.1 Å². The molecule has 0 radical (unpaired) electrons. The van der Waals surface area contributed by atoms with Gasteiger partial charge in [0.2, 0.25) is 0 Å². The molecule has 4 heterocycles. The lowest BCUT2D eigenvalue weighted by Crippen LogP contribution is -2.38. The first-order chi connectivity index (χ1) is 14.6. The van der Waals surface area contributed by atoms with Gasteiger partial charge >= 0.3 is 0 Å². The summed E-state index contributed by atoms with van der Waals surface area (Å²) in [5.74, 6) is 2.00. The van der Waals surface area contributed by atoms with Crippen molar-refractivity contribution in [2.45, 2.75) is 31.9 Å². The van der Waals surface area contributed by atoms with Crippen molar-refractivity contribution in [3.8, 4) is 5.75 Å². The number of likely N-dealkylation sites (tertiary alicyclic amines) is 1. The molecule has 4 aromatic rings. The highest BCUT2D eigenvalue weighted by molar-refractivity contribution is 5.87. The third kappa shape index (κ3) is 2.97. The van der Waals surface area contributed by atoms with Crippen LogP contribution in [-0.2, 0) is 7.05 Å². The summed E-state index contributed by atoms with van der Waals surface area (Å²) in [4.78, 5) is 2.17. The second kappa shape index (κ2) is 7.41. The number of aliphatic hydroxyl groups excluding tert-OH is 1. The van der Waals surface area contributed by atoms with Crippen LogP contribution in [-0.4, -0.2) is 49.4 Å². The normalized spacial score (nSPS) is 18.9. The standard InChI is InChI=1S/C23H27N5O2/c1-15-21(18-13-17(30-3)9-10-19(18)26(15)2)23(29)27-11-6-7-16(14-27)22-25-24-20-8-4-5-12-28(20)22/h4-5,8-10,12-13,16,23,29H,6-7,11,14H2,1-3H3. The first-order valence-corrected chi connectivity index (χ1v) is 10.4. The molecule has 1 aliphatic rings. The van der Waals surface area contributed by atoms with Gasteiger partial charge in [0.05, 0.1) is 7.11 Å². The summed E-state index contributed by atoms with van der Waals surface area (Å²) in [7, 11) is 3.72. The summed E-state index contributed by atoms with van der Waals surface area (Å²) < 4.78 is 9.64. The number of aromatic nitrogens is 4.